The predicted molar refractivity (Wildman–Crippen MR) is 55.5 cm³/mol. The van der Waals surface area contributed by atoms with Crippen LogP contribution in [0.3, 0.4) is 0 Å². The molecule has 1 aromatic heterocycles. The van der Waals surface area contributed by atoms with Crippen molar-refractivity contribution in [3.05, 3.63) is 47.8 Å². The lowest BCUT2D eigenvalue weighted by atomic mass is 10.2. The highest BCUT2D eigenvalue weighted by atomic mass is 19.4. The van der Waals surface area contributed by atoms with E-state index in [0.717, 1.165) is 16.8 Å². The minimum absolute atomic E-state index is 0.150. The highest BCUT2D eigenvalue weighted by molar-refractivity contribution is 5.85. The molecule has 2 rings (SSSR count). The number of carbonyl (C=O) groups is 1. The van der Waals surface area contributed by atoms with Gasteiger partial charge in [-0.3, -0.25) is 0 Å². The first-order chi connectivity index (χ1) is 8.38. The molecule has 0 aliphatic heterocycles. The van der Waals surface area contributed by atoms with E-state index in [1.165, 1.54) is 24.4 Å². The van der Waals surface area contributed by atoms with Crippen LogP contribution in [0.1, 0.15) is 16.1 Å². The minimum Gasteiger partial charge on any atom is -0.476 e. The molecule has 0 spiro atoms. The first-order valence-electron chi connectivity index (χ1n) is 4.84. The molecule has 0 saturated heterocycles. The summed E-state index contributed by atoms with van der Waals surface area (Å²) in [6.07, 6.45) is -3.16. The first-order valence-corrected chi connectivity index (χ1v) is 4.84. The molecule has 0 unspecified atom stereocenters. The van der Waals surface area contributed by atoms with E-state index in [-0.39, 0.29) is 11.4 Å². The largest absolute Gasteiger partial charge is 0.476 e. The zero-order valence-electron chi connectivity index (χ0n) is 8.85. The predicted octanol–water partition coefficient (Wildman–Crippen LogP) is 2.59. The zero-order chi connectivity index (χ0) is 13.3. The number of rotatable bonds is 2. The average molecular weight is 256 g/mol. The van der Waals surface area contributed by atoms with Crippen LogP contribution in [-0.4, -0.2) is 20.9 Å². The van der Waals surface area contributed by atoms with Gasteiger partial charge in [0.1, 0.15) is 0 Å². The van der Waals surface area contributed by atoms with E-state index in [2.05, 4.69) is 5.10 Å². The van der Waals surface area contributed by atoms with E-state index >= 15 is 0 Å². The fraction of sp³-hybridized carbons (Fsp3) is 0.0909. The molecule has 4 nitrogen and oxygen atoms in total. The van der Waals surface area contributed by atoms with Crippen LogP contribution in [0, 0.1) is 0 Å². The normalized spacial score (nSPS) is 11.5. The average Bonchev–Trinajstić information content (AvgIpc) is 2.77. The Morgan fingerprint density at radius 2 is 2.00 bits per heavy atom. The van der Waals surface area contributed by atoms with Gasteiger partial charge >= 0.3 is 12.1 Å². The Morgan fingerprint density at radius 1 is 1.28 bits per heavy atom. The smallest absolute Gasteiger partial charge is 0.416 e. The number of nitrogens with zero attached hydrogens (tertiary/aromatic N) is 2. The number of hydrogen-bond donors (Lipinski definition) is 1. The van der Waals surface area contributed by atoms with E-state index in [4.69, 9.17) is 5.11 Å². The van der Waals surface area contributed by atoms with Crippen LogP contribution in [0.4, 0.5) is 13.2 Å². The van der Waals surface area contributed by atoms with Gasteiger partial charge in [-0.2, -0.15) is 18.3 Å². The molecular weight excluding hydrogens is 249 g/mol. The van der Waals surface area contributed by atoms with Crippen molar-refractivity contribution in [3.63, 3.8) is 0 Å². The standard InChI is InChI=1S/C11H7F3N2O2/c12-11(13,14)7-2-1-3-8(6-7)16-5-4-9(15-16)10(17)18/h1-6H,(H,17,18). The van der Waals surface area contributed by atoms with Gasteiger partial charge in [0.05, 0.1) is 11.3 Å². The van der Waals surface area contributed by atoms with Gasteiger partial charge in [0.2, 0.25) is 0 Å². The maximum atomic E-state index is 12.5. The van der Waals surface area contributed by atoms with Gasteiger partial charge in [-0.1, -0.05) is 6.07 Å². The third kappa shape index (κ3) is 2.34. The number of benzene rings is 1. The summed E-state index contributed by atoms with van der Waals surface area (Å²) < 4.78 is 38.6. The quantitative estimate of drug-likeness (QED) is 0.898. The second-order valence-electron chi connectivity index (χ2n) is 3.50. The zero-order valence-corrected chi connectivity index (χ0v) is 8.85. The molecular formula is C11H7F3N2O2. The third-order valence-electron chi connectivity index (χ3n) is 2.25. The van der Waals surface area contributed by atoms with Gasteiger partial charge in [0.25, 0.3) is 0 Å². The van der Waals surface area contributed by atoms with Crippen LogP contribution in [0.25, 0.3) is 5.69 Å². The van der Waals surface area contributed by atoms with Crippen LogP contribution >= 0.6 is 0 Å². The Labute approximate surface area is 99.3 Å². The van der Waals surface area contributed by atoms with E-state index in [1.54, 1.807) is 0 Å². The van der Waals surface area contributed by atoms with Gasteiger partial charge in [0, 0.05) is 6.20 Å². The van der Waals surface area contributed by atoms with E-state index in [0.29, 0.717) is 0 Å². The minimum atomic E-state index is -4.45. The molecule has 0 bridgehead atoms. The van der Waals surface area contributed by atoms with Crippen LogP contribution < -0.4 is 0 Å². The van der Waals surface area contributed by atoms with Crippen LogP contribution in [0.15, 0.2) is 36.5 Å². The molecule has 0 amide bonds. The van der Waals surface area contributed by atoms with E-state index < -0.39 is 17.7 Å². The molecule has 2 aromatic rings. The molecule has 7 heteroatoms. The van der Waals surface area contributed by atoms with E-state index in [1.807, 2.05) is 0 Å². The highest BCUT2D eigenvalue weighted by Gasteiger charge is 2.30. The molecule has 1 N–H and O–H groups in total. The van der Waals surface area contributed by atoms with Crippen molar-refractivity contribution in [2.45, 2.75) is 6.18 Å². The molecule has 0 fully saturated rings. The van der Waals surface area contributed by atoms with Crippen molar-refractivity contribution in [2.75, 3.05) is 0 Å². The Bertz CT molecular complexity index is 590. The van der Waals surface area contributed by atoms with Gasteiger partial charge < -0.3 is 5.11 Å². The number of halogens is 3. The molecule has 18 heavy (non-hydrogen) atoms. The summed E-state index contributed by atoms with van der Waals surface area (Å²) in [5.41, 5.74) is -0.892. The van der Waals surface area contributed by atoms with Crippen molar-refractivity contribution in [1.29, 1.82) is 0 Å². The molecule has 1 heterocycles. The number of carboxylic acids is 1. The Balaban J connectivity index is 2.41. The summed E-state index contributed by atoms with van der Waals surface area (Å²) in [6, 6.07) is 5.69. The first kappa shape index (κ1) is 12.2. The number of carboxylic acid groups (broad SMARTS) is 1. The van der Waals surface area contributed by atoms with E-state index in [9.17, 15) is 18.0 Å². The molecule has 94 valence electrons. The summed E-state index contributed by atoms with van der Waals surface area (Å²) in [5.74, 6) is -1.24. The SMILES string of the molecule is O=C(O)c1ccn(-c2cccc(C(F)(F)F)c2)n1. The highest BCUT2D eigenvalue weighted by Crippen LogP contribution is 2.30. The van der Waals surface area contributed by atoms with Gasteiger partial charge in [-0.15, -0.1) is 0 Å². The van der Waals surface area contributed by atoms with Gasteiger partial charge in [-0.05, 0) is 24.3 Å². The molecule has 0 atom stereocenters. The second-order valence-corrected chi connectivity index (χ2v) is 3.50. The maximum absolute atomic E-state index is 12.5. The van der Waals surface area contributed by atoms with Crippen LogP contribution in [0.5, 0.6) is 0 Å². The summed E-state index contributed by atoms with van der Waals surface area (Å²) >= 11 is 0. The lowest BCUT2D eigenvalue weighted by Gasteiger charge is -2.08. The summed E-state index contributed by atoms with van der Waals surface area (Å²) in [4.78, 5) is 10.6. The fourth-order valence-corrected chi connectivity index (χ4v) is 1.41. The Morgan fingerprint density at radius 3 is 2.56 bits per heavy atom. The van der Waals surface area contributed by atoms with Crippen molar-refractivity contribution in [2.24, 2.45) is 0 Å². The number of alkyl halides is 3. The van der Waals surface area contributed by atoms with Crippen molar-refractivity contribution >= 4 is 5.97 Å². The van der Waals surface area contributed by atoms with Crippen LogP contribution in [-0.2, 0) is 6.18 Å². The maximum Gasteiger partial charge on any atom is 0.416 e. The molecule has 0 saturated carbocycles. The molecule has 0 radical (unpaired) electrons. The summed E-state index contributed by atoms with van der Waals surface area (Å²) in [5, 5.41) is 12.3. The Kier molecular flexibility index (Phi) is 2.82. The van der Waals surface area contributed by atoms with Gasteiger partial charge in [-0.25, -0.2) is 9.48 Å². The number of hydrogen-bond acceptors (Lipinski definition) is 2. The topological polar surface area (TPSA) is 55.1 Å². The molecule has 1 aromatic carbocycles. The van der Waals surface area contributed by atoms with Crippen molar-refractivity contribution in [1.82, 2.24) is 9.78 Å². The third-order valence-corrected chi connectivity index (χ3v) is 2.25. The van der Waals surface area contributed by atoms with Crippen molar-refractivity contribution < 1.29 is 23.1 Å². The lowest BCUT2D eigenvalue weighted by Crippen LogP contribution is -2.06. The fourth-order valence-electron chi connectivity index (χ4n) is 1.41. The second kappa shape index (κ2) is 4.17. The van der Waals surface area contributed by atoms with Crippen molar-refractivity contribution in [3.8, 4) is 5.69 Å². The van der Waals surface area contributed by atoms with Crippen LogP contribution in [0.2, 0.25) is 0 Å². The summed E-state index contributed by atoms with van der Waals surface area (Å²) in [6.45, 7) is 0. The molecule has 0 aliphatic carbocycles. The Hall–Kier alpha value is -2.31. The molecule has 0 aliphatic rings. The monoisotopic (exact) mass is 256 g/mol. The lowest BCUT2D eigenvalue weighted by molar-refractivity contribution is -0.137. The number of aromatic nitrogens is 2. The number of aromatic carboxylic acids is 1. The van der Waals surface area contributed by atoms with Gasteiger partial charge in [0.15, 0.2) is 5.69 Å². The summed E-state index contributed by atoms with van der Waals surface area (Å²) in [7, 11) is 0.